The van der Waals surface area contributed by atoms with E-state index in [1.165, 1.54) is 19.3 Å². The SMILES string of the molecule is CCCC[C@]12[C@@H]3CCN1[C@@H]1C[C@H]2O[C@]32O/C(=C3/OC(=O)C(C)=C3OC)[C@H](C)[C@@H]12. The second-order valence-electron chi connectivity index (χ2n) is 9.42. The summed E-state index contributed by atoms with van der Waals surface area (Å²) in [6.45, 7) is 7.37. The lowest BCUT2D eigenvalue weighted by Gasteiger charge is -2.48. The third-order valence-corrected chi connectivity index (χ3v) is 8.53. The van der Waals surface area contributed by atoms with E-state index in [-0.39, 0.29) is 29.4 Å². The number of nitrogens with zero attached hydrogens (tertiary/aromatic N) is 1. The zero-order valence-corrected chi connectivity index (χ0v) is 17.1. The number of cyclic esters (lactones) is 1. The Morgan fingerprint density at radius 3 is 2.93 bits per heavy atom. The predicted molar refractivity (Wildman–Crippen MR) is 99.6 cm³/mol. The molecular weight excluding hydrogens is 358 g/mol. The molecule has 0 radical (unpaired) electrons. The van der Waals surface area contributed by atoms with Gasteiger partial charge in [0.25, 0.3) is 0 Å². The van der Waals surface area contributed by atoms with E-state index >= 15 is 0 Å². The lowest BCUT2D eigenvalue weighted by molar-refractivity contribution is -0.256. The molecule has 6 aliphatic heterocycles. The van der Waals surface area contributed by atoms with Crippen molar-refractivity contribution in [3.63, 3.8) is 0 Å². The second kappa shape index (κ2) is 5.33. The molecule has 0 aliphatic carbocycles. The number of hydrogen-bond acceptors (Lipinski definition) is 6. The maximum absolute atomic E-state index is 12.2. The van der Waals surface area contributed by atoms with Gasteiger partial charge in [-0.3, -0.25) is 4.90 Å². The molecule has 6 nitrogen and oxygen atoms in total. The fourth-order valence-corrected chi connectivity index (χ4v) is 7.64. The maximum Gasteiger partial charge on any atom is 0.343 e. The molecule has 6 aliphatic rings. The molecule has 6 heterocycles. The number of hydrogen-bond donors (Lipinski definition) is 0. The van der Waals surface area contributed by atoms with Gasteiger partial charge in [-0.15, -0.1) is 0 Å². The van der Waals surface area contributed by atoms with E-state index in [0.717, 1.165) is 25.1 Å². The zero-order chi connectivity index (χ0) is 19.4. The molecule has 0 N–H and O–H groups in total. The van der Waals surface area contributed by atoms with E-state index in [4.69, 9.17) is 18.9 Å². The number of esters is 1. The molecule has 8 atom stereocenters. The summed E-state index contributed by atoms with van der Waals surface area (Å²) < 4.78 is 24.7. The molecule has 6 rings (SSSR count). The average Bonchev–Trinajstić information content (AvgIpc) is 3.38. The van der Waals surface area contributed by atoms with Crippen molar-refractivity contribution < 1.29 is 23.7 Å². The first-order valence-corrected chi connectivity index (χ1v) is 10.8. The lowest BCUT2D eigenvalue weighted by Crippen LogP contribution is -2.61. The number of fused-ring (bicyclic) bond motifs is 1. The first kappa shape index (κ1) is 17.3. The topological polar surface area (TPSA) is 57.2 Å². The van der Waals surface area contributed by atoms with Crippen molar-refractivity contribution in [2.45, 2.75) is 76.3 Å². The quantitative estimate of drug-likeness (QED) is 0.691. The molecule has 0 amide bonds. The molecule has 6 heteroatoms. The van der Waals surface area contributed by atoms with Crippen LogP contribution in [-0.2, 0) is 23.7 Å². The molecule has 1 spiro atoms. The van der Waals surface area contributed by atoms with Crippen LogP contribution in [-0.4, -0.2) is 48.0 Å². The first-order valence-electron chi connectivity index (χ1n) is 10.8. The molecule has 0 aromatic rings. The van der Waals surface area contributed by atoms with Crippen molar-refractivity contribution in [1.82, 2.24) is 4.90 Å². The second-order valence-corrected chi connectivity index (χ2v) is 9.42. The summed E-state index contributed by atoms with van der Waals surface area (Å²) in [6, 6.07) is 0.496. The minimum atomic E-state index is -0.558. The Morgan fingerprint density at radius 2 is 2.18 bits per heavy atom. The highest BCUT2D eigenvalue weighted by Crippen LogP contribution is 2.73. The Kier molecular flexibility index (Phi) is 3.30. The van der Waals surface area contributed by atoms with Crippen LogP contribution in [0.2, 0.25) is 0 Å². The van der Waals surface area contributed by atoms with Gasteiger partial charge in [-0.05, 0) is 32.7 Å². The summed E-state index contributed by atoms with van der Waals surface area (Å²) in [5.74, 6) is 1.64. The summed E-state index contributed by atoms with van der Waals surface area (Å²) in [5.41, 5.74) is 0.659. The van der Waals surface area contributed by atoms with Crippen LogP contribution in [0.25, 0.3) is 0 Å². The highest BCUT2D eigenvalue weighted by Gasteiger charge is 2.84. The zero-order valence-electron chi connectivity index (χ0n) is 17.1. The smallest absolute Gasteiger partial charge is 0.343 e. The van der Waals surface area contributed by atoms with Gasteiger partial charge < -0.3 is 18.9 Å². The van der Waals surface area contributed by atoms with Crippen molar-refractivity contribution in [3.05, 3.63) is 22.9 Å². The third kappa shape index (κ3) is 1.65. The van der Waals surface area contributed by atoms with Crippen LogP contribution in [0, 0.1) is 17.8 Å². The van der Waals surface area contributed by atoms with E-state index in [1.54, 1.807) is 14.0 Å². The van der Waals surface area contributed by atoms with Crippen molar-refractivity contribution in [2.75, 3.05) is 13.7 Å². The Balaban J connectivity index is 1.46. The molecule has 5 bridgehead atoms. The van der Waals surface area contributed by atoms with Crippen LogP contribution >= 0.6 is 0 Å². The van der Waals surface area contributed by atoms with Gasteiger partial charge in [-0.2, -0.15) is 0 Å². The van der Waals surface area contributed by atoms with Crippen LogP contribution in [0.5, 0.6) is 0 Å². The highest BCUT2D eigenvalue weighted by molar-refractivity contribution is 5.93. The van der Waals surface area contributed by atoms with E-state index in [2.05, 4.69) is 18.7 Å². The van der Waals surface area contributed by atoms with Gasteiger partial charge in [0.05, 0.1) is 30.2 Å². The lowest BCUT2D eigenvalue weighted by atomic mass is 9.69. The highest BCUT2D eigenvalue weighted by atomic mass is 16.7. The van der Waals surface area contributed by atoms with Gasteiger partial charge in [0.2, 0.25) is 11.5 Å². The standard InChI is InChI=1S/C22H29NO5/c1-5-6-8-21-14-7-9-23(21)13-10-15(21)27-22(14)16(13)11(2)18(28-22)19-17(25-4)12(3)20(24)26-19/h11,13-16H,5-10H2,1-4H3/b19-18+/t11-,13-,14+,15-,16+,21-,22+/m1/s1. The molecule has 0 aromatic heterocycles. The van der Waals surface area contributed by atoms with Crippen LogP contribution < -0.4 is 0 Å². The predicted octanol–water partition coefficient (Wildman–Crippen LogP) is 3.09. The number of ether oxygens (including phenoxy) is 4. The summed E-state index contributed by atoms with van der Waals surface area (Å²) in [4.78, 5) is 14.9. The fraction of sp³-hybridized carbons (Fsp3) is 0.773. The summed E-state index contributed by atoms with van der Waals surface area (Å²) >= 11 is 0. The van der Waals surface area contributed by atoms with E-state index in [1.807, 2.05) is 0 Å². The van der Waals surface area contributed by atoms with Gasteiger partial charge in [0, 0.05) is 17.9 Å². The minimum absolute atomic E-state index is 0.134. The number of carbonyl (C=O) groups is 1. The minimum Gasteiger partial charge on any atom is -0.492 e. The van der Waals surface area contributed by atoms with E-state index in [0.29, 0.717) is 29.1 Å². The Bertz CT molecular complexity index is 833. The third-order valence-electron chi connectivity index (χ3n) is 8.53. The maximum atomic E-state index is 12.2. The van der Waals surface area contributed by atoms with Gasteiger partial charge in [-0.1, -0.05) is 26.7 Å². The molecule has 5 fully saturated rings. The number of rotatable bonds is 4. The van der Waals surface area contributed by atoms with Crippen LogP contribution in [0.3, 0.4) is 0 Å². The average molecular weight is 387 g/mol. The number of carbonyl (C=O) groups excluding carboxylic acids is 1. The molecular formula is C22H29NO5. The fourth-order valence-electron chi connectivity index (χ4n) is 7.64. The Hall–Kier alpha value is -1.53. The van der Waals surface area contributed by atoms with E-state index in [9.17, 15) is 4.79 Å². The monoisotopic (exact) mass is 387 g/mol. The van der Waals surface area contributed by atoms with Crippen molar-refractivity contribution in [2.24, 2.45) is 17.8 Å². The number of unbranched alkanes of at least 4 members (excludes halogenated alkanes) is 1. The van der Waals surface area contributed by atoms with Gasteiger partial charge in [-0.25, -0.2) is 4.79 Å². The molecule has 5 saturated heterocycles. The van der Waals surface area contributed by atoms with Gasteiger partial charge in [0.1, 0.15) is 5.76 Å². The van der Waals surface area contributed by atoms with Gasteiger partial charge >= 0.3 is 5.97 Å². The molecule has 1 unspecified atom stereocenters. The molecule has 0 aromatic carbocycles. The first-order chi connectivity index (χ1) is 13.5. The Labute approximate surface area is 165 Å². The summed E-state index contributed by atoms with van der Waals surface area (Å²) in [7, 11) is 1.58. The van der Waals surface area contributed by atoms with Crippen molar-refractivity contribution in [3.8, 4) is 0 Å². The van der Waals surface area contributed by atoms with Crippen LogP contribution in [0.15, 0.2) is 22.9 Å². The van der Waals surface area contributed by atoms with E-state index < -0.39 is 5.79 Å². The van der Waals surface area contributed by atoms with Crippen LogP contribution in [0.1, 0.15) is 52.9 Å². The van der Waals surface area contributed by atoms with Crippen molar-refractivity contribution in [1.29, 1.82) is 0 Å². The molecule has 28 heavy (non-hydrogen) atoms. The summed E-state index contributed by atoms with van der Waals surface area (Å²) in [5, 5.41) is 0. The molecule has 0 saturated carbocycles. The number of allylic oxidation sites excluding steroid dienone is 1. The normalized spacial score (nSPS) is 52.5. The summed E-state index contributed by atoms with van der Waals surface area (Å²) in [6.07, 6.45) is 6.15. The van der Waals surface area contributed by atoms with Gasteiger partial charge in [0.15, 0.2) is 5.76 Å². The van der Waals surface area contributed by atoms with Crippen LogP contribution in [0.4, 0.5) is 0 Å². The largest absolute Gasteiger partial charge is 0.492 e. The van der Waals surface area contributed by atoms with Crippen molar-refractivity contribution >= 4 is 5.97 Å². The number of piperidine rings is 1. The molecule has 152 valence electrons. The Morgan fingerprint density at radius 1 is 1.36 bits per heavy atom. The number of methoxy groups -OCH3 is 1.